The first-order chi connectivity index (χ1) is 9.63. The highest BCUT2D eigenvalue weighted by Crippen LogP contribution is 2.19. The molecule has 0 aliphatic heterocycles. The van der Waals surface area contributed by atoms with E-state index in [1.54, 1.807) is 11.0 Å². The van der Waals surface area contributed by atoms with Crippen molar-refractivity contribution in [3.63, 3.8) is 0 Å². The minimum Gasteiger partial charge on any atom is -0.369 e. The molecular formula is C12H20N8. The first-order valence-corrected chi connectivity index (χ1v) is 6.56. The number of hydrazine groups is 1. The quantitative estimate of drug-likeness (QED) is 0.518. The largest absolute Gasteiger partial charge is 0.369 e. The van der Waals surface area contributed by atoms with Gasteiger partial charge in [0.1, 0.15) is 23.8 Å². The average molecular weight is 276 g/mol. The second-order valence-electron chi connectivity index (χ2n) is 4.47. The maximum absolute atomic E-state index is 5.47. The summed E-state index contributed by atoms with van der Waals surface area (Å²) < 4.78 is 1.69. The number of aromatic nitrogens is 5. The minimum absolute atomic E-state index is 0.648. The van der Waals surface area contributed by atoms with E-state index < -0.39 is 0 Å². The third-order valence-corrected chi connectivity index (χ3v) is 2.93. The van der Waals surface area contributed by atoms with Gasteiger partial charge in [0.05, 0.1) is 0 Å². The van der Waals surface area contributed by atoms with Crippen molar-refractivity contribution in [3.05, 3.63) is 23.5 Å². The molecule has 0 fully saturated rings. The summed E-state index contributed by atoms with van der Waals surface area (Å²) in [6.45, 7) is 4.64. The van der Waals surface area contributed by atoms with Gasteiger partial charge < -0.3 is 10.7 Å². The van der Waals surface area contributed by atoms with Crippen molar-refractivity contribution in [3.8, 4) is 0 Å². The van der Waals surface area contributed by atoms with Gasteiger partial charge in [0.2, 0.25) is 0 Å². The average Bonchev–Trinajstić information content (AvgIpc) is 2.86. The summed E-state index contributed by atoms with van der Waals surface area (Å²) in [6.07, 6.45) is 3.18. The number of nitrogens with zero attached hydrogens (tertiary/aromatic N) is 5. The zero-order valence-electron chi connectivity index (χ0n) is 12.0. The third-order valence-electron chi connectivity index (χ3n) is 2.93. The molecule has 8 nitrogen and oxygen atoms in total. The monoisotopic (exact) mass is 276 g/mol. The molecule has 2 aromatic rings. The maximum Gasteiger partial charge on any atom is 0.152 e. The number of hydrogen-bond donors (Lipinski definition) is 3. The molecule has 0 radical (unpaired) electrons. The van der Waals surface area contributed by atoms with Gasteiger partial charge in [-0.3, -0.25) is 4.68 Å². The van der Waals surface area contributed by atoms with Crippen LogP contribution in [0.15, 0.2) is 6.33 Å². The molecule has 0 spiro atoms. The van der Waals surface area contributed by atoms with Gasteiger partial charge in [-0.1, -0.05) is 6.92 Å². The lowest BCUT2D eigenvalue weighted by Gasteiger charge is -2.12. The Labute approximate surface area is 117 Å². The van der Waals surface area contributed by atoms with Gasteiger partial charge in [0.25, 0.3) is 0 Å². The van der Waals surface area contributed by atoms with Crippen molar-refractivity contribution in [2.24, 2.45) is 12.9 Å². The van der Waals surface area contributed by atoms with E-state index in [0.29, 0.717) is 12.4 Å². The van der Waals surface area contributed by atoms with Crippen molar-refractivity contribution in [1.82, 2.24) is 24.7 Å². The van der Waals surface area contributed by atoms with E-state index >= 15 is 0 Å². The topological polar surface area (TPSA) is 107 Å². The first-order valence-electron chi connectivity index (χ1n) is 6.56. The Morgan fingerprint density at radius 2 is 2.00 bits per heavy atom. The van der Waals surface area contributed by atoms with Gasteiger partial charge >= 0.3 is 0 Å². The molecule has 0 unspecified atom stereocenters. The summed E-state index contributed by atoms with van der Waals surface area (Å²) in [5.74, 6) is 8.47. The first kappa shape index (κ1) is 14.2. The number of anilines is 2. The molecule has 0 saturated carbocycles. The van der Waals surface area contributed by atoms with Crippen LogP contribution in [0.2, 0.25) is 0 Å². The second-order valence-corrected chi connectivity index (χ2v) is 4.47. The highest BCUT2D eigenvalue weighted by molar-refractivity contribution is 5.56. The number of aryl methyl sites for hydroxylation is 2. The predicted molar refractivity (Wildman–Crippen MR) is 77.2 cm³/mol. The van der Waals surface area contributed by atoms with Gasteiger partial charge in [-0.25, -0.2) is 20.8 Å². The van der Waals surface area contributed by atoms with Crippen LogP contribution in [0.5, 0.6) is 0 Å². The van der Waals surface area contributed by atoms with Crippen LogP contribution >= 0.6 is 0 Å². The maximum atomic E-state index is 5.47. The summed E-state index contributed by atoms with van der Waals surface area (Å²) >= 11 is 0. The van der Waals surface area contributed by atoms with Gasteiger partial charge in [0, 0.05) is 32.0 Å². The molecule has 0 saturated heterocycles. The van der Waals surface area contributed by atoms with E-state index in [1.807, 2.05) is 20.9 Å². The molecule has 108 valence electrons. The Morgan fingerprint density at radius 3 is 2.60 bits per heavy atom. The van der Waals surface area contributed by atoms with Crippen LogP contribution in [0.4, 0.5) is 11.6 Å². The Balaban J connectivity index is 2.04. The normalized spacial score (nSPS) is 10.6. The van der Waals surface area contributed by atoms with Crippen LogP contribution in [-0.4, -0.2) is 31.3 Å². The van der Waals surface area contributed by atoms with E-state index in [9.17, 15) is 0 Å². The molecule has 0 bridgehead atoms. The standard InChI is InChI=1S/C12H20N8/c1-4-9-16-11(8(2)12(17-9)18-13)14-6-5-10-15-7-20(3)19-10/h7H,4-6,13H2,1-3H3,(H2,14,16,17,18). The highest BCUT2D eigenvalue weighted by Gasteiger charge is 2.09. The molecule has 4 N–H and O–H groups in total. The van der Waals surface area contributed by atoms with E-state index in [0.717, 1.165) is 35.9 Å². The van der Waals surface area contributed by atoms with Crippen LogP contribution in [0.1, 0.15) is 24.1 Å². The number of nitrogens with two attached hydrogens (primary N) is 1. The van der Waals surface area contributed by atoms with Crippen molar-refractivity contribution in [1.29, 1.82) is 0 Å². The summed E-state index contributed by atoms with van der Waals surface area (Å²) in [4.78, 5) is 13.0. The lowest BCUT2D eigenvalue weighted by molar-refractivity contribution is 0.741. The fourth-order valence-electron chi connectivity index (χ4n) is 1.82. The number of rotatable bonds is 6. The van der Waals surface area contributed by atoms with E-state index in [2.05, 4.69) is 30.8 Å². The summed E-state index contributed by atoms with van der Waals surface area (Å²) in [7, 11) is 1.85. The van der Waals surface area contributed by atoms with E-state index in [4.69, 9.17) is 5.84 Å². The zero-order valence-corrected chi connectivity index (χ0v) is 12.0. The lowest BCUT2D eigenvalue weighted by atomic mass is 10.3. The van der Waals surface area contributed by atoms with Gasteiger partial charge in [-0.15, -0.1) is 0 Å². The number of nitrogens with one attached hydrogen (secondary N) is 2. The molecule has 2 aromatic heterocycles. The minimum atomic E-state index is 0.648. The van der Waals surface area contributed by atoms with E-state index in [-0.39, 0.29) is 0 Å². The van der Waals surface area contributed by atoms with Crippen LogP contribution in [0.3, 0.4) is 0 Å². The Morgan fingerprint density at radius 1 is 1.25 bits per heavy atom. The van der Waals surface area contributed by atoms with Gasteiger partial charge in [-0.05, 0) is 6.92 Å². The number of hydrogen-bond acceptors (Lipinski definition) is 7. The molecule has 20 heavy (non-hydrogen) atoms. The lowest BCUT2D eigenvalue weighted by Crippen LogP contribution is -2.16. The molecule has 2 rings (SSSR count). The van der Waals surface area contributed by atoms with Gasteiger partial charge in [0.15, 0.2) is 5.82 Å². The highest BCUT2D eigenvalue weighted by atomic mass is 15.3. The predicted octanol–water partition coefficient (Wildman–Crippen LogP) is 0.416. The summed E-state index contributed by atoms with van der Waals surface area (Å²) in [5.41, 5.74) is 3.50. The molecule has 0 amide bonds. The van der Waals surface area contributed by atoms with Crippen LogP contribution in [-0.2, 0) is 19.9 Å². The third kappa shape index (κ3) is 3.21. The molecule has 0 aromatic carbocycles. The van der Waals surface area contributed by atoms with Crippen LogP contribution in [0, 0.1) is 6.92 Å². The Bertz CT molecular complexity index is 577. The van der Waals surface area contributed by atoms with E-state index in [1.165, 1.54) is 0 Å². The summed E-state index contributed by atoms with van der Waals surface area (Å²) in [5, 5.41) is 7.52. The number of nitrogen functional groups attached to an aromatic ring is 1. The van der Waals surface area contributed by atoms with Crippen LogP contribution < -0.4 is 16.6 Å². The van der Waals surface area contributed by atoms with Crippen molar-refractivity contribution in [2.45, 2.75) is 26.7 Å². The molecule has 2 heterocycles. The van der Waals surface area contributed by atoms with Crippen LogP contribution in [0.25, 0.3) is 0 Å². The van der Waals surface area contributed by atoms with Crippen molar-refractivity contribution >= 4 is 11.6 Å². The fourth-order valence-corrected chi connectivity index (χ4v) is 1.82. The SMILES string of the molecule is CCc1nc(NN)c(C)c(NCCc2ncn(C)n2)n1. The fraction of sp³-hybridized carbons (Fsp3) is 0.500. The molecular weight excluding hydrogens is 256 g/mol. The summed E-state index contributed by atoms with van der Waals surface area (Å²) in [6, 6.07) is 0. The second kappa shape index (κ2) is 6.29. The molecule has 0 aliphatic carbocycles. The molecule has 0 atom stereocenters. The smallest absolute Gasteiger partial charge is 0.152 e. The molecule has 8 heteroatoms. The Kier molecular flexibility index (Phi) is 4.46. The molecule has 0 aliphatic rings. The van der Waals surface area contributed by atoms with Gasteiger partial charge in [-0.2, -0.15) is 5.10 Å². The zero-order chi connectivity index (χ0) is 14.5. The van der Waals surface area contributed by atoms with Crippen molar-refractivity contribution in [2.75, 3.05) is 17.3 Å². The van der Waals surface area contributed by atoms with Crippen molar-refractivity contribution < 1.29 is 0 Å². The Hall–Kier alpha value is -2.22.